The average Bonchev–Trinajstić information content (AvgIpc) is 2.83. The minimum Gasteiger partial charge on any atom is -0.508 e. The second-order valence-corrected chi connectivity index (χ2v) is 8.09. The van der Waals surface area contributed by atoms with E-state index in [0.717, 1.165) is 0 Å². The molecule has 0 aliphatic carbocycles. The van der Waals surface area contributed by atoms with Gasteiger partial charge in [0.1, 0.15) is 24.4 Å². The van der Waals surface area contributed by atoms with Crippen LogP contribution in [-0.2, 0) is 30.4 Å². The lowest BCUT2D eigenvalue weighted by Gasteiger charge is -2.24. The Labute approximate surface area is 212 Å². The highest BCUT2D eigenvalue weighted by Crippen LogP contribution is 2.12. The number of carbonyl (C=O) groups excluding carboxylic acids is 3. The number of phenolic OH excluding ortho intramolecular Hbond substituents is 1. The topological polar surface area (TPSA) is 273 Å². The molecule has 3 unspecified atom stereocenters. The summed E-state index contributed by atoms with van der Waals surface area (Å²) in [6.45, 7) is -0.530. The van der Waals surface area contributed by atoms with Crippen molar-refractivity contribution in [2.24, 2.45) is 22.2 Å². The molecule has 0 saturated heterocycles. The van der Waals surface area contributed by atoms with Crippen LogP contribution < -0.4 is 33.2 Å². The number of nitrogens with zero attached hydrogens (tertiary/aromatic N) is 1. The number of guanidine groups is 1. The summed E-state index contributed by atoms with van der Waals surface area (Å²) in [5, 5.41) is 34.3. The quantitative estimate of drug-likeness (QED) is 0.0613. The number of nitrogens with two attached hydrogens (primary N) is 3. The number of carbonyl (C=O) groups is 5. The maximum atomic E-state index is 13.2. The number of carboxylic acid groups (broad SMARTS) is 2. The lowest BCUT2D eigenvalue weighted by atomic mass is 10.0. The van der Waals surface area contributed by atoms with Gasteiger partial charge in [0.05, 0.1) is 6.04 Å². The van der Waals surface area contributed by atoms with Gasteiger partial charge in [-0.1, -0.05) is 12.1 Å². The first-order chi connectivity index (χ1) is 17.4. The molecule has 15 nitrogen and oxygen atoms in total. The molecule has 0 saturated carbocycles. The Hall–Kier alpha value is -4.40. The fourth-order valence-corrected chi connectivity index (χ4v) is 3.10. The van der Waals surface area contributed by atoms with E-state index in [2.05, 4.69) is 20.9 Å². The van der Waals surface area contributed by atoms with E-state index in [1.807, 2.05) is 0 Å². The normalized spacial score (nSPS) is 12.9. The summed E-state index contributed by atoms with van der Waals surface area (Å²) in [4.78, 5) is 63.7. The molecular weight excluding hydrogens is 490 g/mol. The minimum atomic E-state index is -1.29. The monoisotopic (exact) mass is 523 g/mol. The summed E-state index contributed by atoms with van der Waals surface area (Å²) in [6, 6.07) is 2.20. The molecule has 0 fully saturated rings. The van der Waals surface area contributed by atoms with E-state index in [1.54, 1.807) is 0 Å². The fourth-order valence-electron chi connectivity index (χ4n) is 3.10. The number of amides is 3. The maximum absolute atomic E-state index is 13.2. The third kappa shape index (κ3) is 12.7. The molecule has 0 aliphatic rings. The molecule has 0 aromatic heterocycles. The Balaban J connectivity index is 3.06. The summed E-state index contributed by atoms with van der Waals surface area (Å²) in [6.07, 6.45) is -0.268. The molecule has 37 heavy (non-hydrogen) atoms. The summed E-state index contributed by atoms with van der Waals surface area (Å²) < 4.78 is 0. The van der Waals surface area contributed by atoms with Gasteiger partial charge >= 0.3 is 11.9 Å². The van der Waals surface area contributed by atoms with E-state index in [9.17, 15) is 29.1 Å². The van der Waals surface area contributed by atoms with Crippen molar-refractivity contribution in [1.29, 1.82) is 0 Å². The van der Waals surface area contributed by atoms with Gasteiger partial charge < -0.3 is 48.5 Å². The number of hydrogen-bond donors (Lipinski definition) is 9. The molecule has 1 rings (SSSR count). The number of benzene rings is 1. The number of hydrogen-bond acceptors (Lipinski definition) is 8. The molecule has 1 aromatic rings. The molecule has 0 aliphatic heterocycles. The van der Waals surface area contributed by atoms with E-state index in [-0.39, 0.29) is 50.4 Å². The summed E-state index contributed by atoms with van der Waals surface area (Å²) >= 11 is 0. The van der Waals surface area contributed by atoms with Crippen LogP contribution in [0, 0.1) is 0 Å². The highest BCUT2D eigenvalue weighted by Gasteiger charge is 2.28. The van der Waals surface area contributed by atoms with E-state index in [0.29, 0.717) is 5.56 Å². The minimum absolute atomic E-state index is 0.0135. The summed E-state index contributed by atoms with van der Waals surface area (Å²) in [5.41, 5.74) is 16.9. The fraction of sp³-hybridized carbons (Fsp3) is 0.455. The Morgan fingerprint density at radius 2 is 1.49 bits per heavy atom. The van der Waals surface area contributed by atoms with Crippen LogP contribution in [0.1, 0.15) is 31.2 Å². The first-order valence-electron chi connectivity index (χ1n) is 11.3. The second-order valence-electron chi connectivity index (χ2n) is 8.09. The first kappa shape index (κ1) is 30.6. The van der Waals surface area contributed by atoms with Gasteiger partial charge in [-0.2, -0.15) is 0 Å². The van der Waals surface area contributed by atoms with E-state index in [4.69, 9.17) is 27.4 Å². The molecular formula is C22H33N7O8. The van der Waals surface area contributed by atoms with Crippen molar-refractivity contribution in [2.75, 3.05) is 13.1 Å². The van der Waals surface area contributed by atoms with Crippen molar-refractivity contribution in [3.63, 3.8) is 0 Å². The van der Waals surface area contributed by atoms with Crippen molar-refractivity contribution in [3.8, 4) is 5.75 Å². The van der Waals surface area contributed by atoms with Gasteiger partial charge in [-0.3, -0.25) is 29.0 Å². The number of rotatable bonds is 16. The SMILES string of the molecule is NC(N)=NCCCC(NC(=O)C(Cc1ccc(O)cc1)NC(=O)C(N)CCC(=O)O)C(=O)NCC(=O)O. The lowest BCUT2D eigenvalue weighted by Crippen LogP contribution is -2.56. The van der Waals surface area contributed by atoms with Crippen molar-refractivity contribution >= 4 is 35.6 Å². The van der Waals surface area contributed by atoms with Crippen LogP contribution in [0.3, 0.4) is 0 Å². The zero-order chi connectivity index (χ0) is 28.0. The van der Waals surface area contributed by atoms with Crippen LogP contribution in [0.25, 0.3) is 0 Å². The Morgan fingerprint density at radius 3 is 2.05 bits per heavy atom. The van der Waals surface area contributed by atoms with E-state index < -0.39 is 54.3 Å². The van der Waals surface area contributed by atoms with Gasteiger partial charge in [0.2, 0.25) is 17.7 Å². The number of carboxylic acids is 2. The predicted molar refractivity (Wildman–Crippen MR) is 131 cm³/mol. The predicted octanol–water partition coefficient (Wildman–Crippen LogP) is -2.65. The molecule has 15 heteroatoms. The molecule has 0 spiro atoms. The van der Waals surface area contributed by atoms with Crippen molar-refractivity contribution in [1.82, 2.24) is 16.0 Å². The highest BCUT2D eigenvalue weighted by atomic mass is 16.4. The molecule has 3 amide bonds. The van der Waals surface area contributed by atoms with E-state index >= 15 is 0 Å². The number of nitrogens with one attached hydrogen (secondary N) is 3. The number of phenols is 1. The second kappa shape index (κ2) is 15.6. The van der Waals surface area contributed by atoms with Gasteiger partial charge in [0, 0.05) is 19.4 Å². The van der Waals surface area contributed by atoms with Crippen molar-refractivity contribution in [3.05, 3.63) is 29.8 Å². The molecule has 1 aromatic carbocycles. The standard InChI is InChI=1S/C22H33N7O8/c23-14(7-8-17(31)32)19(35)29-16(10-12-3-5-13(30)6-4-12)21(37)28-15(2-1-9-26-22(24)25)20(36)27-11-18(33)34/h3-6,14-16,30H,1-2,7-11,23H2,(H,27,36)(H,28,37)(H,29,35)(H,31,32)(H,33,34)(H4,24,25,26). The van der Waals surface area contributed by atoms with Crippen molar-refractivity contribution < 1.29 is 39.3 Å². The molecule has 3 atom stereocenters. The lowest BCUT2D eigenvalue weighted by molar-refractivity contribution is -0.139. The van der Waals surface area contributed by atoms with Crippen molar-refractivity contribution in [2.45, 2.75) is 50.2 Å². The van der Waals surface area contributed by atoms with Gasteiger partial charge in [0.15, 0.2) is 5.96 Å². The largest absolute Gasteiger partial charge is 0.508 e. The van der Waals surface area contributed by atoms with Gasteiger partial charge in [-0.05, 0) is 37.0 Å². The van der Waals surface area contributed by atoms with Crippen LogP contribution in [0.2, 0.25) is 0 Å². The van der Waals surface area contributed by atoms with Gasteiger partial charge in [-0.25, -0.2) is 0 Å². The zero-order valence-corrected chi connectivity index (χ0v) is 20.1. The summed E-state index contributed by atoms with van der Waals surface area (Å²) in [5.74, 6) is -4.92. The zero-order valence-electron chi connectivity index (χ0n) is 20.1. The first-order valence-corrected chi connectivity index (χ1v) is 11.3. The Bertz CT molecular complexity index is 980. The molecule has 0 radical (unpaired) electrons. The number of aliphatic imine (C=N–C) groups is 1. The number of aliphatic carboxylic acids is 2. The van der Waals surface area contributed by atoms with E-state index in [1.165, 1.54) is 24.3 Å². The average molecular weight is 524 g/mol. The smallest absolute Gasteiger partial charge is 0.322 e. The molecule has 0 heterocycles. The van der Waals surface area contributed by atoms with Crippen LogP contribution in [-0.4, -0.2) is 82.2 Å². The Morgan fingerprint density at radius 1 is 0.865 bits per heavy atom. The summed E-state index contributed by atoms with van der Waals surface area (Å²) in [7, 11) is 0. The van der Waals surface area contributed by atoms with Crippen LogP contribution in [0.5, 0.6) is 5.75 Å². The van der Waals surface area contributed by atoms with Crippen LogP contribution in [0.15, 0.2) is 29.3 Å². The molecule has 12 N–H and O–H groups in total. The highest BCUT2D eigenvalue weighted by molar-refractivity contribution is 5.94. The third-order valence-corrected chi connectivity index (χ3v) is 5.01. The third-order valence-electron chi connectivity index (χ3n) is 5.01. The van der Waals surface area contributed by atoms with Gasteiger partial charge in [-0.15, -0.1) is 0 Å². The van der Waals surface area contributed by atoms with Crippen LogP contribution >= 0.6 is 0 Å². The molecule has 204 valence electrons. The maximum Gasteiger partial charge on any atom is 0.322 e. The molecule has 0 bridgehead atoms. The Kier molecular flexibility index (Phi) is 12.9. The van der Waals surface area contributed by atoms with Gasteiger partial charge in [0.25, 0.3) is 0 Å². The van der Waals surface area contributed by atoms with Crippen LogP contribution in [0.4, 0.5) is 0 Å². The number of aromatic hydroxyl groups is 1.